The predicted octanol–water partition coefficient (Wildman–Crippen LogP) is 0.529. The van der Waals surface area contributed by atoms with Gasteiger partial charge in [-0.05, 0) is 12.3 Å². The van der Waals surface area contributed by atoms with Crippen molar-refractivity contribution in [3.8, 4) is 0 Å². The molecule has 1 rings (SSSR count). The van der Waals surface area contributed by atoms with Crippen LogP contribution in [0.2, 0.25) is 0 Å². The Morgan fingerprint density at radius 3 is 2.80 bits per heavy atom. The van der Waals surface area contributed by atoms with E-state index in [0.29, 0.717) is 13.2 Å². The van der Waals surface area contributed by atoms with Crippen molar-refractivity contribution in [3.05, 3.63) is 0 Å². The number of methoxy groups -OCH3 is 1. The van der Waals surface area contributed by atoms with Crippen molar-refractivity contribution in [1.82, 2.24) is 10.6 Å². The summed E-state index contributed by atoms with van der Waals surface area (Å²) in [6, 6.07) is 0. The van der Waals surface area contributed by atoms with Crippen LogP contribution in [-0.2, 0) is 9.53 Å². The minimum absolute atomic E-state index is 0.0884. The van der Waals surface area contributed by atoms with Crippen LogP contribution in [0.1, 0.15) is 25.7 Å². The maximum atomic E-state index is 11.3. The van der Waals surface area contributed by atoms with E-state index >= 15 is 0 Å². The second kappa shape index (κ2) is 7.65. The van der Waals surface area contributed by atoms with Crippen molar-refractivity contribution in [2.24, 2.45) is 5.92 Å². The molecule has 88 valence electrons. The van der Waals surface area contributed by atoms with E-state index in [1.165, 1.54) is 19.3 Å². The lowest BCUT2D eigenvalue weighted by Gasteiger charge is -2.25. The molecular weight excluding hydrogens is 192 g/mol. The topological polar surface area (TPSA) is 50.4 Å². The van der Waals surface area contributed by atoms with Crippen molar-refractivity contribution < 1.29 is 9.53 Å². The highest BCUT2D eigenvalue weighted by atomic mass is 16.5. The third kappa shape index (κ3) is 5.74. The number of hydrogen-bond acceptors (Lipinski definition) is 3. The first-order chi connectivity index (χ1) is 7.33. The molecule has 1 aliphatic rings. The van der Waals surface area contributed by atoms with Crippen LogP contribution in [0, 0.1) is 5.92 Å². The molecule has 2 N–H and O–H groups in total. The van der Waals surface area contributed by atoms with Gasteiger partial charge >= 0.3 is 0 Å². The molecule has 4 nitrogen and oxygen atoms in total. The minimum Gasteiger partial charge on any atom is -0.383 e. The zero-order valence-corrected chi connectivity index (χ0v) is 9.55. The maximum absolute atomic E-state index is 11.3. The molecule has 0 aromatic rings. The first-order valence-electron chi connectivity index (χ1n) is 5.79. The fraction of sp³-hybridized carbons (Fsp3) is 0.909. The molecule has 1 aliphatic carbocycles. The quantitative estimate of drug-likeness (QED) is 0.579. The van der Waals surface area contributed by atoms with Crippen LogP contribution in [0.5, 0.6) is 0 Å². The highest BCUT2D eigenvalue weighted by Gasteiger charge is 2.16. The summed E-state index contributed by atoms with van der Waals surface area (Å²) >= 11 is 0. The number of hydrogen-bond donors (Lipinski definition) is 2. The number of rotatable bonds is 8. The van der Waals surface area contributed by atoms with E-state index in [4.69, 9.17) is 4.74 Å². The van der Waals surface area contributed by atoms with Crippen LogP contribution in [-0.4, -0.2) is 39.3 Å². The van der Waals surface area contributed by atoms with Crippen LogP contribution in [0.15, 0.2) is 0 Å². The highest BCUT2D eigenvalue weighted by Crippen LogP contribution is 2.28. The van der Waals surface area contributed by atoms with Crippen molar-refractivity contribution in [2.45, 2.75) is 25.7 Å². The smallest absolute Gasteiger partial charge is 0.233 e. The van der Waals surface area contributed by atoms with Gasteiger partial charge in [0.15, 0.2) is 0 Å². The maximum Gasteiger partial charge on any atom is 0.233 e. The van der Waals surface area contributed by atoms with Gasteiger partial charge in [-0.1, -0.05) is 19.3 Å². The SMILES string of the molecule is COCCNCC(=O)NCCC1CCC1. The van der Waals surface area contributed by atoms with Crippen LogP contribution in [0.25, 0.3) is 0 Å². The van der Waals surface area contributed by atoms with Gasteiger partial charge in [0.2, 0.25) is 5.91 Å². The lowest BCUT2D eigenvalue weighted by Crippen LogP contribution is -2.36. The largest absolute Gasteiger partial charge is 0.383 e. The van der Waals surface area contributed by atoms with Crippen molar-refractivity contribution in [1.29, 1.82) is 0 Å². The van der Waals surface area contributed by atoms with Crippen LogP contribution < -0.4 is 10.6 Å². The van der Waals surface area contributed by atoms with Gasteiger partial charge in [-0.2, -0.15) is 0 Å². The van der Waals surface area contributed by atoms with Crippen LogP contribution in [0.4, 0.5) is 0 Å². The standard InChI is InChI=1S/C11H22N2O2/c1-15-8-7-12-9-11(14)13-6-5-10-3-2-4-10/h10,12H,2-9H2,1H3,(H,13,14). The molecule has 0 bridgehead atoms. The van der Waals surface area contributed by atoms with Gasteiger partial charge in [0, 0.05) is 20.2 Å². The first-order valence-corrected chi connectivity index (χ1v) is 5.79. The molecule has 1 saturated carbocycles. The average Bonchev–Trinajstić information content (AvgIpc) is 2.17. The molecule has 0 spiro atoms. The molecule has 1 fully saturated rings. The first kappa shape index (κ1) is 12.5. The van der Waals surface area contributed by atoms with Gasteiger partial charge in [0.25, 0.3) is 0 Å². The van der Waals surface area contributed by atoms with Gasteiger partial charge in [-0.15, -0.1) is 0 Å². The monoisotopic (exact) mass is 214 g/mol. The van der Waals surface area contributed by atoms with Crippen molar-refractivity contribution in [3.63, 3.8) is 0 Å². The molecule has 0 saturated heterocycles. The fourth-order valence-corrected chi connectivity index (χ4v) is 1.64. The van der Waals surface area contributed by atoms with Crippen molar-refractivity contribution >= 4 is 5.91 Å². The predicted molar refractivity (Wildman–Crippen MR) is 59.7 cm³/mol. The molecule has 0 unspecified atom stereocenters. The molecule has 0 heterocycles. The summed E-state index contributed by atoms with van der Waals surface area (Å²) in [6.45, 7) is 2.60. The second-order valence-corrected chi connectivity index (χ2v) is 4.11. The Morgan fingerprint density at radius 2 is 2.20 bits per heavy atom. The molecule has 0 atom stereocenters. The van der Waals surface area contributed by atoms with E-state index in [2.05, 4.69) is 10.6 Å². The molecule has 0 aromatic heterocycles. The minimum atomic E-state index is 0.0884. The third-order valence-corrected chi connectivity index (χ3v) is 2.87. The van der Waals surface area contributed by atoms with E-state index in [9.17, 15) is 4.79 Å². The van der Waals surface area contributed by atoms with Gasteiger partial charge in [0.05, 0.1) is 13.2 Å². The normalized spacial score (nSPS) is 16.1. The second-order valence-electron chi connectivity index (χ2n) is 4.11. The summed E-state index contributed by atoms with van der Waals surface area (Å²) in [7, 11) is 1.65. The fourth-order valence-electron chi connectivity index (χ4n) is 1.64. The zero-order valence-electron chi connectivity index (χ0n) is 9.55. The number of nitrogens with one attached hydrogen (secondary N) is 2. The van der Waals surface area contributed by atoms with E-state index in [1.807, 2.05) is 0 Å². The number of carbonyl (C=O) groups excluding carboxylic acids is 1. The molecule has 4 heteroatoms. The van der Waals surface area contributed by atoms with E-state index in [1.54, 1.807) is 7.11 Å². The number of carbonyl (C=O) groups is 1. The molecule has 0 aliphatic heterocycles. The van der Waals surface area contributed by atoms with E-state index < -0.39 is 0 Å². The number of amides is 1. The van der Waals surface area contributed by atoms with Crippen molar-refractivity contribution in [2.75, 3.05) is 33.4 Å². The summed E-state index contributed by atoms with van der Waals surface area (Å²) in [4.78, 5) is 11.3. The average molecular weight is 214 g/mol. The Kier molecular flexibility index (Phi) is 6.36. The van der Waals surface area contributed by atoms with Gasteiger partial charge in [-0.25, -0.2) is 0 Å². The molecule has 0 radical (unpaired) electrons. The lowest BCUT2D eigenvalue weighted by atomic mass is 9.83. The Labute approximate surface area is 91.8 Å². The number of ether oxygens (including phenoxy) is 1. The molecule has 15 heavy (non-hydrogen) atoms. The summed E-state index contributed by atoms with van der Waals surface area (Å²) in [5, 5.41) is 5.93. The molecule has 0 aromatic carbocycles. The highest BCUT2D eigenvalue weighted by molar-refractivity contribution is 5.77. The van der Waals surface area contributed by atoms with Gasteiger partial charge in [-0.3, -0.25) is 4.79 Å². The zero-order chi connectivity index (χ0) is 10.9. The van der Waals surface area contributed by atoms with E-state index in [0.717, 1.165) is 25.4 Å². The Bertz CT molecular complexity index is 181. The third-order valence-electron chi connectivity index (χ3n) is 2.87. The summed E-state index contributed by atoms with van der Waals surface area (Å²) in [5.74, 6) is 0.956. The van der Waals surface area contributed by atoms with Crippen LogP contribution in [0.3, 0.4) is 0 Å². The Hall–Kier alpha value is -0.610. The Balaban J connectivity index is 1.84. The van der Waals surface area contributed by atoms with Crippen LogP contribution >= 0.6 is 0 Å². The van der Waals surface area contributed by atoms with Gasteiger partial charge in [0.1, 0.15) is 0 Å². The molecular formula is C11H22N2O2. The summed E-state index contributed by atoms with van der Waals surface area (Å²) < 4.78 is 4.86. The Morgan fingerprint density at radius 1 is 1.40 bits per heavy atom. The summed E-state index contributed by atoms with van der Waals surface area (Å²) in [6.07, 6.45) is 5.21. The van der Waals surface area contributed by atoms with E-state index in [-0.39, 0.29) is 5.91 Å². The lowest BCUT2D eigenvalue weighted by molar-refractivity contribution is -0.120. The van der Waals surface area contributed by atoms with Gasteiger partial charge < -0.3 is 15.4 Å². The summed E-state index contributed by atoms with van der Waals surface area (Å²) in [5.41, 5.74) is 0. The molecule has 1 amide bonds.